The summed E-state index contributed by atoms with van der Waals surface area (Å²) >= 11 is 8.10. The zero-order valence-corrected chi connectivity index (χ0v) is 23.0. The molecule has 0 amide bonds. The highest BCUT2D eigenvalue weighted by Gasteiger charge is 2.37. The zero-order valence-electron chi connectivity index (χ0n) is 21.5. The summed E-state index contributed by atoms with van der Waals surface area (Å²) in [7, 11) is 1.55. The van der Waals surface area contributed by atoms with Crippen molar-refractivity contribution in [2.75, 3.05) is 32.5 Å². The van der Waals surface area contributed by atoms with Crippen LogP contribution in [0, 0.1) is 11.2 Å². The van der Waals surface area contributed by atoms with Crippen LogP contribution in [0.3, 0.4) is 0 Å². The number of halogens is 3. The molecule has 1 aliphatic heterocycles. The van der Waals surface area contributed by atoms with E-state index in [1.807, 2.05) is 0 Å². The number of hydrogen-bond acceptors (Lipinski definition) is 5. The lowest BCUT2D eigenvalue weighted by atomic mass is 9.71. The molecule has 0 bridgehead atoms. The number of methoxy groups -OCH3 is 1. The van der Waals surface area contributed by atoms with E-state index >= 15 is 4.39 Å². The molecule has 2 aromatic carbocycles. The van der Waals surface area contributed by atoms with Crippen molar-refractivity contribution in [1.29, 1.82) is 0 Å². The number of aliphatic carboxylic acids is 1. The summed E-state index contributed by atoms with van der Waals surface area (Å²) in [6, 6.07) is 11.8. The van der Waals surface area contributed by atoms with Crippen LogP contribution in [0.25, 0.3) is 10.9 Å². The third-order valence-corrected chi connectivity index (χ3v) is 8.85. The van der Waals surface area contributed by atoms with Crippen LogP contribution in [0.2, 0.25) is 5.02 Å². The number of carbonyl (C=O) groups is 1. The molecule has 0 spiro atoms. The lowest BCUT2D eigenvalue weighted by Crippen LogP contribution is -2.41. The molecule has 2 heterocycles. The number of carboxylic acids is 1. The lowest BCUT2D eigenvalue weighted by molar-refractivity contribution is -0.141. The van der Waals surface area contributed by atoms with Crippen LogP contribution in [0.5, 0.6) is 5.75 Å². The van der Waals surface area contributed by atoms with Gasteiger partial charge in [0, 0.05) is 22.0 Å². The first-order valence-electron chi connectivity index (χ1n) is 12.9. The minimum atomic E-state index is -1.34. The molecule has 0 radical (unpaired) electrons. The van der Waals surface area contributed by atoms with Crippen LogP contribution >= 0.6 is 23.4 Å². The molecule has 1 aliphatic rings. The largest absolute Gasteiger partial charge is 0.497 e. The number of nitrogens with zero attached hydrogens (tertiary/aromatic N) is 2. The molecular formula is C29H33ClF2N2O3S. The Morgan fingerprint density at radius 3 is 2.66 bits per heavy atom. The highest BCUT2D eigenvalue weighted by atomic mass is 35.5. The van der Waals surface area contributed by atoms with E-state index in [1.165, 1.54) is 18.3 Å². The van der Waals surface area contributed by atoms with Gasteiger partial charge in [-0.2, -0.15) is 0 Å². The van der Waals surface area contributed by atoms with Crippen LogP contribution in [0.15, 0.2) is 53.6 Å². The second kappa shape index (κ2) is 13.1. The third kappa shape index (κ3) is 7.36. The van der Waals surface area contributed by atoms with Gasteiger partial charge in [-0.15, -0.1) is 11.8 Å². The van der Waals surface area contributed by atoms with Gasteiger partial charge in [0.2, 0.25) is 0 Å². The average molecular weight is 563 g/mol. The normalized spacial score (nSPS) is 16.4. The molecule has 5 nitrogen and oxygen atoms in total. The summed E-state index contributed by atoms with van der Waals surface area (Å²) in [4.78, 5) is 19.5. The molecule has 0 aliphatic carbocycles. The van der Waals surface area contributed by atoms with Gasteiger partial charge in [0.25, 0.3) is 0 Å². The van der Waals surface area contributed by atoms with Crippen LogP contribution in [0.4, 0.5) is 8.78 Å². The number of likely N-dealkylation sites (tertiary alicyclic amines) is 1. The van der Waals surface area contributed by atoms with Gasteiger partial charge < -0.3 is 14.7 Å². The predicted molar refractivity (Wildman–Crippen MR) is 148 cm³/mol. The fraction of sp³-hybridized carbons (Fsp3) is 0.448. The quantitative estimate of drug-likeness (QED) is 0.181. The van der Waals surface area contributed by atoms with Gasteiger partial charge in [-0.05, 0) is 105 Å². The van der Waals surface area contributed by atoms with E-state index in [4.69, 9.17) is 16.3 Å². The standard InChI is InChI=1S/C29H33ClF2N2O3S/c1-37-21-5-8-26-23(17-21)28(24(30)19-33-26)25(32)9-10-29(18-27(35)36)11-14-34(15-12-29)13-2-16-38-22-6-3-20(31)4-7-22/h3-8,17,19,25H,2,9-16,18H2,1H3,(H,35,36). The number of aromatic nitrogens is 1. The maximum Gasteiger partial charge on any atom is 0.303 e. The first kappa shape index (κ1) is 28.6. The van der Waals surface area contributed by atoms with Gasteiger partial charge in [-0.1, -0.05) is 11.6 Å². The molecule has 1 atom stereocenters. The van der Waals surface area contributed by atoms with Crippen LogP contribution in [-0.4, -0.2) is 53.5 Å². The van der Waals surface area contributed by atoms with Crippen LogP contribution < -0.4 is 4.74 Å². The summed E-state index contributed by atoms with van der Waals surface area (Å²) < 4.78 is 34.1. The van der Waals surface area contributed by atoms with Gasteiger partial charge >= 0.3 is 5.97 Å². The molecule has 1 fully saturated rings. The van der Waals surface area contributed by atoms with Crippen molar-refractivity contribution in [1.82, 2.24) is 9.88 Å². The molecule has 1 aromatic heterocycles. The fourth-order valence-corrected chi connectivity index (χ4v) is 6.39. The number of alkyl halides is 1. The van der Waals surface area contributed by atoms with E-state index in [9.17, 15) is 14.3 Å². The molecule has 204 valence electrons. The number of ether oxygens (including phenoxy) is 1. The number of fused-ring (bicyclic) bond motifs is 1. The Hall–Kier alpha value is -2.42. The van der Waals surface area contributed by atoms with Gasteiger partial charge in [-0.25, -0.2) is 8.78 Å². The Labute approximate surface area is 231 Å². The van der Waals surface area contributed by atoms with Gasteiger partial charge in [0.15, 0.2) is 0 Å². The van der Waals surface area contributed by atoms with Gasteiger partial charge in [0.1, 0.15) is 17.7 Å². The summed E-state index contributed by atoms with van der Waals surface area (Å²) in [5.41, 5.74) is 0.582. The second-order valence-electron chi connectivity index (χ2n) is 9.98. The summed E-state index contributed by atoms with van der Waals surface area (Å²) in [6.07, 6.45) is 3.25. The van der Waals surface area contributed by atoms with E-state index in [0.717, 1.165) is 49.5 Å². The minimum Gasteiger partial charge on any atom is -0.497 e. The number of piperidine rings is 1. The third-order valence-electron chi connectivity index (χ3n) is 7.45. The van der Waals surface area contributed by atoms with Crippen molar-refractivity contribution >= 4 is 40.2 Å². The average Bonchev–Trinajstić information content (AvgIpc) is 2.91. The molecular weight excluding hydrogens is 530 g/mol. The van der Waals surface area contributed by atoms with E-state index in [-0.39, 0.29) is 23.7 Å². The van der Waals surface area contributed by atoms with E-state index < -0.39 is 17.6 Å². The minimum absolute atomic E-state index is 0.0344. The van der Waals surface area contributed by atoms with Crippen LogP contribution in [0.1, 0.15) is 50.3 Å². The molecule has 38 heavy (non-hydrogen) atoms. The summed E-state index contributed by atoms with van der Waals surface area (Å²) in [5, 5.41) is 10.5. The van der Waals surface area contributed by atoms with Crippen molar-refractivity contribution in [2.24, 2.45) is 5.41 Å². The summed E-state index contributed by atoms with van der Waals surface area (Å²) in [6.45, 7) is 2.51. The molecule has 4 rings (SSSR count). The number of rotatable bonds is 12. The van der Waals surface area contributed by atoms with E-state index in [0.29, 0.717) is 28.6 Å². The number of benzene rings is 2. The SMILES string of the molecule is COc1ccc2ncc(Cl)c(C(F)CCC3(CC(=O)O)CCN(CCCSc4ccc(F)cc4)CC3)c2c1. The number of pyridine rings is 1. The van der Waals surface area contributed by atoms with Gasteiger partial charge in [0.05, 0.1) is 24.1 Å². The van der Waals surface area contributed by atoms with Crippen molar-refractivity contribution in [2.45, 2.75) is 49.6 Å². The molecule has 1 unspecified atom stereocenters. The Morgan fingerprint density at radius 1 is 1.24 bits per heavy atom. The predicted octanol–water partition coefficient (Wildman–Crippen LogP) is 7.57. The highest BCUT2D eigenvalue weighted by molar-refractivity contribution is 7.99. The number of carboxylic acid groups (broad SMARTS) is 1. The summed E-state index contributed by atoms with van der Waals surface area (Å²) in [5.74, 6) is 0.448. The Kier molecular flexibility index (Phi) is 9.85. The molecule has 9 heteroatoms. The fourth-order valence-electron chi connectivity index (χ4n) is 5.29. The molecule has 0 saturated carbocycles. The zero-order chi connectivity index (χ0) is 27.1. The van der Waals surface area contributed by atoms with Crippen molar-refractivity contribution in [3.05, 3.63) is 65.1 Å². The van der Waals surface area contributed by atoms with Crippen molar-refractivity contribution in [3.63, 3.8) is 0 Å². The monoisotopic (exact) mass is 562 g/mol. The number of thioether (sulfide) groups is 1. The number of hydrogen-bond donors (Lipinski definition) is 1. The lowest BCUT2D eigenvalue weighted by Gasteiger charge is -2.41. The molecule has 3 aromatic rings. The molecule has 1 saturated heterocycles. The smallest absolute Gasteiger partial charge is 0.303 e. The van der Waals surface area contributed by atoms with Gasteiger partial charge in [-0.3, -0.25) is 9.78 Å². The van der Waals surface area contributed by atoms with E-state index in [1.54, 1.807) is 49.2 Å². The topological polar surface area (TPSA) is 62.7 Å². The highest BCUT2D eigenvalue weighted by Crippen LogP contribution is 2.44. The van der Waals surface area contributed by atoms with E-state index in [2.05, 4.69) is 9.88 Å². The van der Waals surface area contributed by atoms with Crippen molar-refractivity contribution < 1.29 is 23.4 Å². The van der Waals surface area contributed by atoms with Crippen LogP contribution in [-0.2, 0) is 4.79 Å². The Balaban J connectivity index is 1.34. The van der Waals surface area contributed by atoms with Crippen molar-refractivity contribution in [3.8, 4) is 5.75 Å². The maximum atomic E-state index is 15.7. The first-order valence-corrected chi connectivity index (χ1v) is 14.2. The Morgan fingerprint density at radius 2 is 1.97 bits per heavy atom. The Bertz CT molecular complexity index is 1240. The second-order valence-corrected chi connectivity index (χ2v) is 11.6. The molecule has 1 N–H and O–H groups in total. The first-order chi connectivity index (χ1) is 18.3. The maximum absolute atomic E-state index is 15.7.